The molecule has 2 aromatic rings. The summed E-state index contributed by atoms with van der Waals surface area (Å²) >= 11 is 0. The van der Waals surface area contributed by atoms with E-state index in [9.17, 15) is 26.7 Å². The second-order valence-electron chi connectivity index (χ2n) is 5.03. The highest BCUT2D eigenvalue weighted by atomic mass is 32.3. The van der Waals surface area contributed by atoms with Gasteiger partial charge in [-0.3, -0.25) is 13.9 Å². The van der Waals surface area contributed by atoms with Gasteiger partial charge in [0.15, 0.2) is 5.78 Å². The van der Waals surface area contributed by atoms with E-state index in [-0.39, 0.29) is 22.4 Å². The largest absolute Gasteiger partial charge is 0.507 e. The van der Waals surface area contributed by atoms with Crippen LogP contribution in [0.25, 0.3) is 5.57 Å². The number of benzene rings is 2. The fourth-order valence-electron chi connectivity index (χ4n) is 2.00. The Morgan fingerprint density at radius 3 is 1.81 bits per heavy atom. The molecule has 144 valence electrons. The molecule has 0 aliphatic heterocycles. The lowest BCUT2D eigenvalue weighted by Gasteiger charge is -2.09. The van der Waals surface area contributed by atoms with E-state index in [1.165, 1.54) is 24.3 Å². The minimum absolute atomic E-state index is 0.0767. The van der Waals surface area contributed by atoms with Crippen molar-refractivity contribution in [1.82, 2.24) is 0 Å². The van der Waals surface area contributed by atoms with E-state index in [4.69, 9.17) is 9.11 Å². The number of carbonyl (C=O) groups is 1. The monoisotopic (exact) mass is 416 g/mol. The van der Waals surface area contributed by atoms with E-state index < -0.39 is 38.1 Å². The number of phenols is 1. The maximum Gasteiger partial charge on any atom is 0.446 e. The lowest BCUT2D eigenvalue weighted by atomic mass is 9.97. The Morgan fingerprint density at radius 2 is 1.33 bits per heavy atom. The molecule has 0 amide bonds. The molecule has 0 aromatic heterocycles. The fraction of sp³-hybridized carbons (Fsp3) is 0. The third kappa shape index (κ3) is 5.79. The lowest BCUT2D eigenvalue weighted by Crippen LogP contribution is -2.08. The van der Waals surface area contributed by atoms with Crippen LogP contribution in [-0.4, -0.2) is 36.8 Å². The molecule has 27 heavy (non-hydrogen) atoms. The van der Waals surface area contributed by atoms with Crippen molar-refractivity contribution < 1.29 is 44.2 Å². The van der Waals surface area contributed by atoms with Crippen LogP contribution >= 0.6 is 0 Å². The number of phenolic OH excluding ortho intramolecular Hbond substituents is 1. The van der Waals surface area contributed by atoms with Crippen molar-refractivity contribution in [3.8, 4) is 17.2 Å². The Labute approximate surface area is 154 Å². The first-order valence-electron chi connectivity index (χ1n) is 6.86. The van der Waals surface area contributed by atoms with E-state index >= 15 is 0 Å². The summed E-state index contributed by atoms with van der Waals surface area (Å²) in [5, 5.41) is 9.89. The van der Waals surface area contributed by atoms with Crippen LogP contribution in [0.15, 0.2) is 49.0 Å². The first kappa shape index (κ1) is 20.4. The molecule has 0 spiro atoms. The van der Waals surface area contributed by atoms with Crippen LogP contribution in [-0.2, 0) is 20.8 Å². The molecule has 0 heterocycles. The molecule has 0 saturated carbocycles. The summed E-state index contributed by atoms with van der Waals surface area (Å²) in [5.74, 6) is -1.94. The van der Waals surface area contributed by atoms with Crippen molar-refractivity contribution in [3.63, 3.8) is 0 Å². The molecule has 0 fully saturated rings. The molecule has 0 atom stereocenters. The van der Waals surface area contributed by atoms with Gasteiger partial charge in [0.05, 0.1) is 5.56 Å². The molecule has 0 radical (unpaired) electrons. The zero-order chi connectivity index (χ0) is 20.4. The van der Waals surface area contributed by atoms with Crippen LogP contribution in [0.4, 0.5) is 0 Å². The average Bonchev–Trinajstić information content (AvgIpc) is 2.51. The van der Waals surface area contributed by atoms with Gasteiger partial charge in [0.1, 0.15) is 17.2 Å². The fourth-order valence-corrected chi connectivity index (χ4v) is 2.71. The highest BCUT2D eigenvalue weighted by molar-refractivity contribution is 7.81. The Kier molecular flexibility index (Phi) is 5.56. The molecule has 0 bridgehead atoms. The SMILES string of the molecule is C=C(C(=O)c1ccc(OS(=O)(=O)O)cc1O)c1ccc(OS(=O)(=O)O)cc1. The van der Waals surface area contributed by atoms with E-state index in [1.807, 2.05) is 0 Å². The highest BCUT2D eigenvalue weighted by Gasteiger charge is 2.18. The molecule has 0 saturated heterocycles. The Balaban J connectivity index is 2.23. The third-order valence-corrected chi connectivity index (χ3v) is 3.90. The van der Waals surface area contributed by atoms with E-state index in [0.717, 1.165) is 18.2 Å². The summed E-state index contributed by atoms with van der Waals surface area (Å²) in [6.07, 6.45) is 0. The zero-order valence-corrected chi connectivity index (χ0v) is 14.9. The van der Waals surface area contributed by atoms with Crippen molar-refractivity contribution in [2.75, 3.05) is 0 Å². The second-order valence-corrected chi connectivity index (χ2v) is 7.08. The van der Waals surface area contributed by atoms with Crippen LogP contribution in [0, 0.1) is 0 Å². The van der Waals surface area contributed by atoms with Crippen molar-refractivity contribution in [1.29, 1.82) is 0 Å². The van der Waals surface area contributed by atoms with E-state index in [0.29, 0.717) is 0 Å². The van der Waals surface area contributed by atoms with E-state index in [1.54, 1.807) is 0 Å². The lowest BCUT2D eigenvalue weighted by molar-refractivity contribution is 0.105. The number of hydrogen-bond donors (Lipinski definition) is 3. The first-order chi connectivity index (χ1) is 12.4. The standard InChI is InChI=1S/C15H12O10S2/c1-9(10-2-4-11(5-3-10)24-26(18,19)20)15(17)13-7-6-12(8-14(13)16)25-27(21,22)23/h2-8,16H,1H2,(H,18,19,20)(H,21,22,23). The van der Waals surface area contributed by atoms with Gasteiger partial charge < -0.3 is 13.5 Å². The number of carbonyl (C=O) groups excluding carboxylic acids is 1. The number of ketones is 1. The number of hydrogen-bond acceptors (Lipinski definition) is 8. The first-order valence-corrected chi connectivity index (χ1v) is 9.59. The van der Waals surface area contributed by atoms with Crippen molar-refractivity contribution >= 4 is 32.2 Å². The second kappa shape index (κ2) is 7.36. The van der Waals surface area contributed by atoms with Gasteiger partial charge in [-0.05, 0) is 29.8 Å². The number of rotatable bonds is 7. The van der Waals surface area contributed by atoms with Gasteiger partial charge in [-0.1, -0.05) is 18.7 Å². The van der Waals surface area contributed by atoms with Crippen LogP contribution in [0.5, 0.6) is 17.2 Å². The normalized spacial score (nSPS) is 11.6. The summed E-state index contributed by atoms with van der Waals surface area (Å²) in [6, 6.07) is 7.86. The smallest absolute Gasteiger partial charge is 0.446 e. The molecular weight excluding hydrogens is 404 g/mol. The van der Waals surface area contributed by atoms with E-state index in [2.05, 4.69) is 14.9 Å². The van der Waals surface area contributed by atoms with Crippen LogP contribution < -0.4 is 8.37 Å². The topological polar surface area (TPSA) is 164 Å². The molecule has 0 aliphatic rings. The third-order valence-electron chi connectivity index (χ3n) is 3.09. The van der Waals surface area contributed by atoms with Gasteiger partial charge in [-0.2, -0.15) is 16.8 Å². The average molecular weight is 416 g/mol. The Bertz CT molecular complexity index is 1100. The predicted octanol–water partition coefficient (Wildman–Crippen LogP) is 1.65. The van der Waals surface area contributed by atoms with Gasteiger partial charge in [-0.25, -0.2) is 0 Å². The zero-order valence-electron chi connectivity index (χ0n) is 13.3. The number of allylic oxidation sites excluding steroid dienone is 1. The molecular formula is C15H12O10S2. The molecule has 2 rings (SSSR count). The van der Waals surface area contributed by atoms with Gasteiger partial charge in [-0.15, -0.1) is 0 Å². The van der Waals surface area contributed by atoms with Crippen molar-refractivity contribution in [2.24, 2.45) is 0 Å². The van der Waals surface area contributed by atoms with Crippen LogP contribution in [0.2, 0.25) is 0 Å². The summed E-state index contributed by atoms with van der Waals surface area (Å²) in [7, 11) is -9.48. The summed E-state index contributed by atoms with van der Waals surface area (Å²) in [5.41, 5.74) is -0.0338. The molecule has 10 nitrogen and oxygen atoms in total. The minimum Gasteiger partial charge on any atom is -0.507 e. The van der Waals surface area contributed by atoms with Gasteiger partial charge >= 0.3 is 20.8 Å². The van der Waals surface area contributed by atoms with Crippen molar-refractivity contribution in [2.45, 2.75) is 0 Å². The molecule has 3 N–H and O–H groups in total. The maximum atomic E-state index is 12.4. The minimum atomic E-state index is -4.79. The quantitative estimate of drug-likeness (QED) is 0.343. The maximum absolute atomic E-state index is 12.4. The predicted molar refractivity (Wildman–Crippen MR) is 92.3 cm³/mol. The summed E-state index contributed by atoms with van der Waals surface area (Å²) in [4.78, 5) is 12.4. The number of aromatic hydroxyl groups is 1. The Morgan fingerprint density at radius 1 is 0.852 bits per heavy atom. The molecule has 12 heteroatoms. The van der Waals surface area contributed by atoms with Gasteiger partial charge in [0.2, 0.25) is 0 Å². The van der Waals surface area contributed by atoms with Crippen molar-refractivity contribution in [3.05, 3.63) is 60.2 Å². The van der Waals surface area contributed by atoms with Gasteiger partial charge in [0, 0.05) is 11.6 Å². The summed E-state index contributed by atoms with van der Waals surface area (Å²) < 4.78 is 68.2. The molecule has 0 aliphatic carbocycles. The Hall–Kier alpha value is -2.93. The number of Topliss-reactive ketones (excluding diaryl/α,β-unsaturated/α-hetero) is 1. The van der Waals surface area contributed by atoms with Gasteiger partial charge in [0.25, 0.3) is 0 Å². The van der Waals surface area contributed by atoms with Crippen LogP contribution in [0.1, 0.15) is 15.9 Å². The molecule has 2 aromatic carbocycles. The van der Waals surface area contributed by atoms with Crippen LogP contribution in [0.3, 0.4) is 0 Å². The molecule has 0 unspecified atom stereocenters. The summed E-state index contributed by atoms with van der Waals surface area (Å²) in [6.45, 7) is 3.59. The highest BCUT2D eigenvalue weighted by Crippen LogP contribution is 2.29.